The minimum Gasteiger partial charge on any atom is -0.465 e. The number of piperidine rings is 1. The van der Waals surface area contributed by atoms with Gasteiger partial charge in [0.25, 0.3) is 0 Å². The summed E-state index contributed by atoms with van der Waals surface area (Å²) in [5.74, 6) is -1.01. The zero-order valence-electron chi connectivity index (χ0n) is 14.2. The number of halogens is 4. The second-order valence-corrected chi connectivity index (χ2v) is 7.60. The molecule has 1 aromatic rings. The molecule has 1 aliphatic heterocycles. The third-order valence-corrected chi connectivity index (χ3v) is 6.03. The maximum Gasteiger partial charge on any atom is 0.416 e. The molecule has 6 nitrogen and oxygen atoms in total. The molecule has 0 amide bonds. The lowest BCUT2D eigenvalue weighted by atomic mass is 10.1. The predicted molar refractivity (Wildman–Crippen MR) is 90.9 cm³/mol. The number of hydrogen-bond acceptors (Lipinski definition) is 5. The number of sulfonamides is 1. The number of nitrogens with zero attached hydrogens (tertiary/aromatic N) is 1. The Morgan fingerprint density at radius 2 is 2.00 bits per heavy atom. The van der Waals surface area contributed by atoms with Crippen LogP contribution in [0.15, 0.2) is 23.1 Å². The van der Waals surface area contributed by atoms with Crippen molar-refractivity contribution in [3.8, 4) is 0 Å². The molecule has 26 heavy (non-hydrogen) atoms. The van der Waals surface area contributed by atoms with Gasteiger partial charge in [-0.3, -0.25) is 0 Å². The smallest absolute Gasteiger partial charge is 0.416 e. The van der Waals surface area contributed by atoms with E-state index >= 15 is 0 Å². The molecule has 1 saturated heterocycles. The Bertz CT molecular complexity index is 756. The zero-order chi connectivity index (χ0) is 18.8. The van der Waals surface area contributed by atoms with Crippen molar-refractivity contribution in [1.82, 2.24) is 9.62 Å². The van der Waals surface area contributed by atoms with Crippen LogP contribution in [0.3, 0.4) is 0 Å². The molecule has 1 aliphatic rings. The zero-order valence-corrected chi connectivity index (χ0v) is 15.8. The first-order valence-corrected chi connectivity index (χ1v) is 9.02. The highest BCUT2D eigenvalue weighted by molar-refractivity contribution is 7.89. The number of hydrogen-bond donors (Lipinski definition) is 1. The average molecular weight is 417 g/mol. The van der Waals surface area contributed by atoms with E-state index in [1.165, 1.54) is 0 Å². The van der Waals surface area contributed by atoms with Gasteiger partial charge in [-0.2, -0.15) is 17.5 Å². The molecule has 1 aromatic carbocycles. The molecule has 1 N–H and O–H groups in total. The van der Waals surface area contributed by atoms with Crippen LogP contribution >= 0.6 is 12.4 Å². The van der Waals surface area contributed by atoms with Gasteiger partial charge in [0.05, 0.1) is 23.1 Å². The van der Waals surface area contributed by atoms with E-state index < -0.39 is 38.2 Å². The Morgan fingerprint density at radius 3 is 2.54 bits per heavy atom. The topological polar surface area (TPSA) is 75.7 Å². The summed E-state index contributed by atoms with van der Waals surface area (Å²) in [4.78, 5) is 11.2. The van der Waals surface area contributed by atoms with E-state index in [-0.39, 0.29) is 31.5 Å². The first kappa shape index (κ1) is 22.7. The van der Waals surface area contributed by atoms with E-state index in [0.717, 1.165) is 23.9 Å². The van der Waals surface area contributed by atoms with Gasteiger partial charge >= 0.3 is 12.1 Å². The number of carbonyl (C=O) groups is 1. The van der Waals surface area contributed by atoms with Crippen LogP contribution < -0.4 is 5.32 Å². The lowest BCUT2D eigenvalue weighted by Gasteiger charge is -2.32. The van der Waals surface area contributed by atoms with E-state index in [9.17, 15) is 26.4 Å². The summed E-state index contributed by atoms with van der Waals surface area (Å²) in [6.45, 7) is 0.299. The van der Waals surface area contributed by atoms with Crippen molar-refractivity contribution in [2.45, 2.75) is 30.0 Å². The summed E-state index contributed by atoms with van der Waals surface area (Å²) >= 11 is 0. The van der Waals surface area contributed by atoms with Crippen LogP contribution in [0.4, 0.5) is 13.2 Å². The van der Waals surface area contributed by atoms with Crippen molar-refractivity contribution in [1.29, 1.82) is 0 Å². The highest BCUT2D eigenvalue weighted by atomic mass is 35.5. The number of carbonyl (C=O) groups excluding carboxylic acids is 1. The van der Waals surface area contributed by atoms with Crippen LogP contribution in [0.5, 0.6) is 0 Å². The first-order chi connectivity index (χ1) is 11.6. The maximum atomic E-state index is 13.0. The van der Waals surface area contributed by atoms with Gasteiger partial charge in [0, 0.05) is 19.1 Å². The van der Waals surface area contributed by atoms with Crippen LogP contribution in [-0.2, 0) is 20.9 Å². The lowest BCUT2D eigenvalue weighted by Crippen LogP contribution is -2.47. The summed E-state index contributed by atoms with van der Waals surface area (Å²) < 4.78 is 70.4. The number of ether oxygens (including phenoxy) is 1. The number of rotatable bonds is 4. The second kappa shape index (κ2) is 8.55. The average Bonchev–Trinajstić information content (AvgIpc) is 2.59. The molecule has 0 saturated carbocycles. The quantitative estimate of drug-likeness (QED) is 0.762. The van der Waals surface area contributed by atoms with Gasteiger partial charge in [0.15, 0.2) is 0 Å². The second-order valence-electron chi connectivity index (χ2n) is 5.69. The Morgan fingerprint density at radius 1 is 1.35 bits per heavy atom. The van der Waals surface area contributed by atoms with E-state index in [1.807, 2.05) is 0 Å². The molecule has 0 radical (unpaired) electrons. The Balaban J connectivity index is 0.00000338. The van der Waals surface area contributed by atoms with Crippen molar-refractivity contribution in [2.24, 2.45) is 0 Å². The van der Waals surface area contributed by atoms with E-state index in [1.54, 1.807) is 7.05 Å². The van der Waals surface area contributed by atoms with E-state index in [2.05, 4.69) is 10.1 Å². The van der Waals surface area contributed by atoms with Crippen LogP contribution in [0, 0.1) is 0 Å². The lowest BCUT2D eigenvalue weighted by molar-refractivity contribution is -0.137. The van der Waals surface area contributed by atoms with E-state index in [0.29, 0.717) is 18.6 Å². The molecule has 1 unspecified atom stereocenters. The van der Waals surface area contributed by atoms with Crippen LogP contribution in [-0.4, -0.2) is 52.0 Å². The van der Waals surface area contributed by atoms with Gasteiger partial charge in [-0.1, -0.05) is 0 Å². The molecule has 1 heterocycles. The molecule has 1 fully saturated rings. The molecule has 148 valence electrons. The summed E-state index contributed by atoms with van der Waals surface area (Å²) in [5, 5.41) is 2.96. The molecule has 2 rings (SSSR count). The van der Waals surface area contributed by atoms with Crippen molar-refractivity contribution in [2.75, 3.05) is 27.2 Å². The number of likely N-dealkylation sites (N-methyl/N-ethyl adjacent to an activating group) is 1. The number of esters is 1. The number of alkyl halides is 3. The van der Waals surface area contributed by atoms with Crippen LogP contribution in [0.2, 0.25) is 0 Å². The summed E-state index contributed by atoms with van der Waals surface area (Å²) in [7, 11) is -1.56. The third-order valence-electron chi connectivity index (χ3n) is 4.12. The van der Waals surface area contributed by atoms with Gasteiger partial charge < -0.3 is 10.1 Å². The highest BCUT2D eigenvalue weighted by Gasteiger charge is 2.37. The fourth-order valence-corrected chi connectivity index (χ4v) is 4.46. The summed E-state index contributed by atoms with van der Waals surface area (Å²) in [6.07, 6.45) is -3.40. The molecular formula is C15H20ClF3N2O4S. The number of benzene rings is 1. The monoisotopic (exact) mass is 416 g/mol. The first-order valence-electron chi connectivity index (χ1n) is 7.58. The largest absolute Gasteiger partial charge is 0.465 e. The summed E-state index contributed by atoms with van der Waals surface area (Å²) in [6, 6.07) is 1.89. The maximum absolute atomic E-state index is 13.0. The number of nitrogens with one attached hydrogen (secondary N) is 1. The predicted octanol–water partition coefficient (Wildman–Crippen LogP) is 2.29. The van der Waals surface area contributed by atoms with Gasteiger partial charge in [0.2, 0.25) is 10.0 Å². The van der Waals surface area contributed by atoms with Crippen LogP contribution in [0.1, 0.15) is 28.8 Å². The van der Waals surface area contributed by atoms with Gasteiger partial charge in [0.1, 0.15) is 0 Å². The normalized spacial score (nSPS) is 18.9. The molecule has 1 atom stereocenters. The van der Waals surface area contributed by atoms with Gasteiger partial charge in [-0.05, 0) is 38.1 Å². The third kappa shape index (κ3) is 4.67. The standard InChI is InChI=1S/C15H19F3N2O4S.ClH/c1-19-11-4-3-7-20(9-11)25(22,23)13-8-10(15(16,17)18)5-6-12(13)14(21)24-2;/h5-6,8,11,19H,3-4,7,9H2,1-2H3;1H. The van der Waals surface area contributed by atoms with Gasteiger partial charge in [-0.15, -0.1) is 12.4 Å². The van der Waals surface area contributed by atoms with Crippen LogP contribution in [0.25, 0.3) is 0 Å². The van der Waals surface area contributed by atoms with Crippen molar-refractivity contribution in [3.05, 3.63) is 29.3 Å². The molecule has 0 aromatic heterocycles. The van der Waals surface area contributed by atoms with E-state index in [4.69, 9.17) is 0 Å². The minimum atomic E-state index is -4.73. The van der Waals surface area contributed by atoms with Crippen molar-refractivity contribution >= 4 is 28.4 Å². The minimum absolute atomic E-state index is 0. The Hall–Kier alpha value is -1.36. The van der Waals surface area contributed by atoms with Gasteiger partial charge in [-0.25, -0.2) is 13.2 Å². The molecule has 0 aliphatic carbocycles. The number of methoxy groups -OCH3 is 1. The fraction of sp³-hybridized carbons (Fsp3) is 0.533. The Labute approximate surface area is 156 Å². The van der Waals surface area contributed by atoms with Crippen molar-refractivity contribution < 1.29 is 31.1 Å². The molecule has 11 heteroatoms. The molecular weight excluding hydrogens is 397 g/mol. The molecule has 0 bridgehead atoms. The van der Waals surface area contributed by atoms with Crippen molar-refractivity contribution in [3.63, 3.8) is 0 Å². The highest BCUT2D eigenvalue weighted by Crippen LogP contribution is 2.33. The fourth-order valence-electron chi connectivity index (χ4n) is 2.73. The Kier molecular flexibility index (Phi) is 7.46. The summed E-state index contributed by atoms with van der Waals surface area (Å²) in [5.41, 5.74) is -1.55. The molecule has 0 spiro atoms. The SMILES string of the molecule is CNC1CCCN(S(=O)(=O)c2cc(C(F)(F)F)ccc2C(=O)OC)C1.Cl.